The van der Waals surface area contributed by atoms with E-state index in [0.29, 0.717) is 12.8 Å². The van der Waals surface area contributed by atoms with Gasteiger partial charge in [0.25, 0.3) is 0 Å². The first-order valence-corrected chi connectivity index (χ1v) is 28.0. The van der Waals surface area contributed by atoms with Crippen LogP contribution in [0.3, 0.4) is 0 Å². The summed E-state index contributed by atoms with van der Waals surface area (Å²) in [4.78, 5) is 35.8. The van der Waals surface area contributed by atoms with Gasteiger partial charge in [0.05, 0.1) is 6.61 Å². The lowest BCUT2D eigenvalue weighted by atomic mass is 9.85. The Labute approximate surface area is 394 Å². The number of aliphatic hydroxyl groups excluding tert-OH is 5. The molecule has 0 aromatic heterocycles. The van der Waals surface area contributed by atoms with Gasteiger partial charge in [-0.1, -0.05) is 206 Å². The fourth-order valence-corrected chi connectivity index (χ4v) is 9.32. The Morgan fingerprint density at radius 2 is 0.785 bits per heavy atom. The van der Waals surface area contributed by atoms with Crippen molar-refractivity contribution in [2.24, 2.45) is 0 Å². The lowest BCUT2D eigenvalue weighted by molar-refractivity contribution is -0.220. The predicted octanol–water partition coefficient (Wildman–Crippen LogP) is 11.4. The van der Waals surface area contributed by atoms with Gasteiger partial charge in [0.1, 0.15) is 43.2 Å². The second-order valence-corrected chi connectivity index (χ2v) is 20.1. The van der Waals surface area contributed by atoms with Gasteiger partial charge in [-0.3, -0.25) is 18.6 Å². The number of carbonyl (C=O) groups excluding carboxylic acids is 2. The molecule has 0 aromatic carbocycles. The number of carbonyl (C=O) groups is 2. The fourth-order valence-electron chi connectivity index (χ4n) is 8.34. The van der Waals surface area contributed by atoms with Gasteiger partial charge in [-0.2, -0.15) is 0 Å². The van der Waals surface area contributed by atoms with Crippen molar-refractivity contribution in [2.75, 3.05) is 13.2 Å². The fraction of sp³-hybridized carbons (Fsp3) is 0.922. The molecule has 0 amide bonds. The number of hydrogen-bond acceptors (Lipinski definition) is 12. The maximum absolute atomic E-state index is 12.8. The van der Waals surface area contributed by atoms with Gasteiger partial charge in [-0.05, 0) is 38.5 Å². The van der Waals surface area contributed by atoms with Crippen molar-refractivity contribution in [3.05, 3.63) is 12.2 Å². The second-order valence-electron chi connectivity index (χ2n) is 18.7. The average Bonchev–Trinajstić information content (AvgIpc) is 3.29. The van der Waals surface area contributed by atoms with E-state index in [1.165, 1.54) is 161 Å². The number of ether oxygens (including phenoxy) is 2. The number of rotatable bonds is 45. The molecule has 65 heavy (non-hydrogen) atoms. The Morgan fingerprint density at radius 3 is 1.17 bits per heavy atom. The monoisotopic (exact) mass is 949 g/mol. The Hall–Kier alpha value is -1.41. The van der Waals surface area contributed by atoms with E-state index in [4.69, 9.17) is 18.5 Å². The van der Waals surface area contributed by atoms with Crippen molar-refractivity contribution in [2.45, 2.75) is 288 Å². The van der Waals surface area contributed by atoms with Crippen LogP contribution in [0.2, 0.25) is 0 Å². The summed E-state index contributed by atoms with van der Waals surface area (Å²) in [5.41, 5.74) is 0. The van der Waals surface area contributed by atoms with Crippen molar-refractivity contribution in [3.63, 3.8) is 0 Å². The SMILES string of the molecule is CCCCCCCCCC/C=C\CCCCCCCCCCCCCC(=O)OC(COC(=O)CCCCCCCCCCCCCCC)COP(=O)(O)OC1C(O)C(O)C(O)C(O)C1O. The Bertz CT molecular complexity index is 1190. The van der Waals surface area contributed by atoms with Gasteiger partial charge in [-0.15, -0.1) is 0 Å². The molecule has 1 rings (SSSR count). The molecule has 0 aliphatic heterocycles. The third-order valence-electron chi connectivity index (χ3n) is 12.6. The normalized spacial score (nSPS) is 21.4. The third kappa shape index (κ3) is 33.7. The summed E-state index contributed by atoms with van der Waals surface area (Å²) in [5.74, 6) is -1.09. The van der Waals surface area contributed by atoms with E-state index >= 15 is 0 Å². The van der Waals surface area contributed by atoms with Crippen LogP contribution in [0.1, 0.15) is 245 Å². The molecule has 0 bridgehead atoms. The van der Waals surface area contributed by atoms with Crippen LogP contribution in [-0.2, 0) is 32.7 Å². The molecule has 0 radical (unpaired) electrons. The van der Waals surface area contributed by atoms with Crippen LogP contribution in [0.4, 0.5) is 0 Å². The van der Waals surface area contributed by atoms with E-state index < -0.39 is 75.7 Å². The summed E-state index contributed by atoms with van der Waals surface area (Å²) in [6, 6.07) is 0. The van der Waals surface area contributed by atoms with Gasteiger partial charge < -0.3 is 39.9 Å². The summed E-state index contributed by atoms with van der Waals surface area (Å²) in [7, 11) is -5.12. The molecular formula is C51H97O13P. The topological polar surface area (TPSA) is 210 Å². The Morgan fingerprint density at radius 1 is 0.462 bits per heavy atom. The van der Waals surface area contributed by atoms with Crippen LogP contribution in [0.15, 0.2) is 12.2 Å². The van der Waals surface area contributed by atoms with E-state index in [0.717, 1.165) is 44.9 Å². The van der Waals surface area contributed by atoms with Crippen LogP contribution in [0.25, 0.3) is 0 Å². The third-order valence-corrected chi connectivity index (χ3v) is 13.6. The number of esters is 2. The molecule has 6 N–H and O–H groups in total. The summed E-state index contributed by atoms with van der Waals surface area (Å²) in [5, 5.41) is 50.2. The standard InChI is InChI=1S/C51H97O13P/c1-3-5-7-9-11-13-15-17-18-19-20-21-22-23-24-25-26-28-30-32-34-36-38-40-45(53)63-43(42-62-65(59,60)64-51-49(57)47(55)46(54)48(56)50(51)58)41-61-44(52)39-37-35-33-31-29-27-16-14-12-10-8-6-4-2/h19-20,43,46-51,54-58H,3-18,21-42H2,1-2H3,(H,59,60)/b20-19-. The van der Waals surface area contributed by atoms with Gasteiger partial charge >= 0.3 is 19.8 Å². The highest BCUT2D eigenvalue weighted by atomic mass is 31.2. The molecule has 0 spiro atoms. The average molecular weight is 949 g/mol. The molecule has 0 aromatic rings. The number of phosphoric ester groups is 1. The van der Waals surface area contributed by atoms with E-state index in [1.54, 1.807) is 0 Å². The minimum atomic E-state index is -5.12. The largest absolute Gasteiger partial charge is 0.472 e. The number of hydrogen-bond donors (Lipinski definition) is 6. The van der Waals surface area contributed by atoms with Crippen molar-refractivity contribution in [1.82, 2.24) is 0 Å². The van der Waals surface area contributed by atoms with Crippen LogP contribution in [0.5, 0.6) is 0 Å². The molecule has 13 nitrogen and oxygen atoms in total. The minimum absolute atomic E-state index is 0.101. The number of phosphoric acid groups is 1. The Kier molecular flexibility index (Phi) is 39.4. The van der Waals surface area contributed by atoms with Gasteiger partial charge in [0.15, 0.2) is 6.10 Å². The first-order valence-electron chi connectivity index (χ1n) is 26.5. The summed E-state index contributed by atoms with van der Waals surface area (Å²) >= 11 is 0. The van der Waals surface area contributed by atoms with Crippen molar-refractivity contribution in [3.8, 4) is 0 Å². The molecule has 1 aliphatic rings. The van der Waals surface area contributed by atoms with Gasteiger partial charge in [0.2, 0.25) is 0 Å². The molecule has 0 saturated heterocycles. The van der Waals surface area contributed by atoms with E-state index in [2.05, 4.69) is 26.0 Å². The first-order chi connectivity index (χ1) is 31.4. The molecule has 0 heterocycles. The lowest BCUT2D eigenvalue weighted by Crippen LogP contribution is -2.64. The molecule has 6 atom stereocenters. The van der Waals surface area contributed by atoms with Crippen molar-refractivity contribution < 1.29 is 63.1 Å². The van der Waals surface area contributed by atoms with E-state index in [9.17, 15) is 44.6 Å². The highest BCUT2D eigenvalue weighted by molar-refractivity contribution is 7.47. The number of unbranched alkanes of at least 4 members (excludes halogenated alkanes) is 31. The van der Waals surface area contributed by atoms with Crippen molar-refractivity contribution in [1.29, 1.82) is 0 Å². The highest BCUT2D eigenvalue weighted by Crippen LogP contribution is 2.47. The molecule has 1 fully saturated rings. The molecule has 6 unspecified atom stereocenters. The van der Waals surface area contributed by atoms with Crippen LogP contribution in [0, 0.1) is 0 Å². The van der Waals surface area contributed by atoms with Crippen LogP contribution in [-0.4, -0.2) is 98.3 Å². The molecule has 384 valence electrons. The first kappa shape index (κ1) is 61.6. The van der Waals surface area contributed by atoms with Crippen LogP contribution >= 0.6 is 7.82 Å². The molecule has 14 heteroatoms. The summed E-state index contributed by atoms with van der Waals surface area (Å²) in [6.45, 7) is 3.33. The van der Waals surface area contributed by atoms with Gasteiger partial charge in [0, 0.05) is 12.8 Å². The number of allylic oxidation sites excluding steroid dienone is 2. The second kappa shape index (κ2) is 41.6. The lowest BCUT2D eigenvalue weighted by Gasteiger charge is -2.41. The maximum atomic E-state index is 12.8. The smallest absolute Gasteiger partial charge is 0.462 e. The molecule has 1 aliphatic carbocycles. The summed E-state index contributed by atoms with van der Waals surface area (Å²) < 4.78 is 33.6. The Balaban J connectivity index is 2.34. The maximum Gasteiger partial charge on any atom is 0.472 e. The summed E-state index contributed by atoms with van der Waals surface area (Å²) in [6.07, 6.45) is 32.6. The zero-order valence-electron chi connectivity index (χ0n) is 41.1. The zero-order chi connectivity index (χ0) is 47.8. The van der Waals surface area contributed by atoms with E-state index in [1.807, 2.05) is 0 Å². The predicted molar refractivity (Wildman–Crippen MR) is 258 cm³/mol. The van der Waals surface area contributed by atoms with Crippen LogP contribution < -0.4 is 0 Å². The molecular weight excluding hydrogens is 852 g/mol. The quantitative estimate of drug-likeness (QED) is 0.0145. The highest BCUT2D eigenvalue weighted by Gasteiger charge is 2.51. The van der Waals surface area contributed by atoms with Gasteiger partial charge in [-0.25, -0.2) is 4.57 Å². The molecule has 1 saturated carbocycles. The minimum Gasteiger partial charge on any atom is -0.462 e. The van der Waals surface area contributed by atoms with Crippen molar-refractivity contribution >= 4 is 19.8 Å². The number of aliphatic hydroxyl groups is 5. The van der Waals surface area contributed by atoms with E-state index in [-0.39, 0.29) is 12.8 Å². The zero-order valence-corrected chi connectivity index (χ0v) is 41.9.